The first-order chi connectivity index (χ1) is 15.1. The van der Waals surface area contributed by atoms with E-state index in [9.17, 15) is 14.0 Å². The van der Waals surface area contributed by atoms with E-state index in [1.54, 1.807) is 4.90 Å². The Balaban J connectivity index is 1.34. The molecule has 1 fully saturated rings. The van der Waals surface area contributed by atoms with Gasteiger partial charge in [0.05, 0.1) is 0 Å². The van der Waals surface area contributed by atoms with Crippen molar-refractivity contribution in [2.24, 2.45) is 0 Å². The van der Waals surface area contributed by atoms with E-state index < -0.39 is 0 Å². The number of nitrogens with one attached hydrogen (secondary N) is 2. The molecule has 2 aromatic carbocycles. The van der Waals surface area contributed by atoms with Gasteiger partial charge in [-0.2, -0.15) is 0 Å². The molecule has 9 heteroatoms. The summed E-state index contributed by atoms with van der Waals surface area (Å²) in [7, 11) is 0. The maximum atomic E-state index is 13.0. The quantitative estimate of drug-likeness (QED) is 0.629. The van der Waals surface area contributed by atoms with Crippen LogP contribution in [0.3, 0.4) is 0 Å². The van der Waals surface area contributed by atoms with Gasteiger partial charge in [0.1, 0.15) is 10.8 Å². The highest BCUT2D eigenvalue weighted by molar-refractivity contribution is 7.13. The molecule has 7 nitrogen and oxygen atoms in total. The summed E-state index contributed by atoms with van der Waals surface area (Å²) in [6.45, 7) is 1.70. The van der Waals surface area contributed by atoms with Crippen LogP contribution in [0.5, 0.6) is 0 Å². The molecule has 1 aromatic heterocycles. The highest BCUT2D eigenvalue weighted by Crippen LogP contribution is 2.29. The maximum Gasteiger partial charge on any atom is 0.317 e. The summed E-state index contributed by atoms with van der Waals surface area (Å²) in [5.74, 6) is -0.712. The van der Waals surface area contributed by atoms with Crippen molar-refractivity contribution in [2.75, 3.05) is 18.4 Å². The number of urea groups is 1. The molecule has 0 aliphatic carbocycles. The molecule has 31 heavy (non-hydrogen) atoms. The van der Waals surface area contributed by atoms with E-state index >= 15 is 0 Å². The summed E-state index contributed by atoms with van der Waals surface area (Å²) in [5.41, 5.74) is 1.53. The van der Waals surface area contributed by atoms with E-state index in [2.05, 4.69) is 20.8 Å². The van der Waals surface area contributed by atoms with Crippen LogP contribution in [-0.2, 0) is 6.54 Å². The Morgan fingerprint density at radius 2 is 1.87 bits per heavy atom. The molecule has 2 heterocycles. The number of piperidine rings is 1. The number of aromatic nitrogens is 2. The molecule has 160 valence electrons. The number of hydrogen-bond donors (Lipinski definition) is 2. The second-order valence-electron chi connectivity index (χ2n) is 7.34. The first kappa shape index (κ1) is 20.9. The molecule has 1 aliphatic heterocycles. The van der Waals surface area contributed by atoms with Gasteiger partial charge in [0.15, 0.2) is 0 Å². The predicted molar refractivity (Wildman–Crippen MR) is 116 cm³/mol. The molecule has 1 aliphatic rings. The Kier molecular flexibility index (Phi) is 6.51. The summed E-state index contributed by atoms with van der Waals surface area (Å²) in [6, 6.07) is 15.2. The fourth-order valence-electron chi connectivity index (χ4n) is 3.46. The van der Waals surface area contributed by atoms with Crippen molar-refractivity contribution in [3.63, 3.8) is 0 Å². The largest absolute Gasteiger partial charge is 0.334 e. The molecule has 3 amide bonds. The van der Waals surface area contributed by atoms with Crippen molar-refractivity contribution in [3.8, 4) is 0 Å². The molecule has 3 aromatic rings. The molecule has 2 N–H and O–H groups in total. The van der Waals surface area contributed by atoms with Gasteiger partial charge in [0.2, 0.25) is 5.01 Å². The number of amides is 3. The Morgan fingerprint density at radius 3 is 2.65 bits per heavy atom. The Hall–Kier alpha value is -3.33. The van der Waals surface area contributed by atoms with Crippen LogP contribution in [-0.4, -0.2) is 40.1 Å². The fraction of sp³-hybridized carbons (Fsp3) is 0.273. The van der Waals surface area contributed by atoms with Crippen molar-refractivity contribution in [2.45, 2.75) is 25.3 Å². The van der Waals surface area contributed by atoms with Crippen molar-refractivity contribution < 1.29 is 14.0 Å². The van der Waals surface area contributed by atoms with Crippen LogP contribution in [0.15, 0.2) is 54.6 Å². The number of anilines is 1. The van der Waals surface area contributed by atoms with Crippen molar-refractivity contribution >= 4 is 29.0 Å². The first-order valence-electron chi connectivity index (χ1n) is 10.1. The third-order valence-electron chi connectivity index (χ3n) is 5.08. The van der Waals surface area contributed by atoms with Crippen LogP contribution < -0.4 is 10.6 Å². The highest BCUT2D eigenvalue weighted by Gasteiger charge is 2.28. The molecule has 1 atom stereocenters. The normalized spacial score (nSPS) is 16.0. The summed E-state index contributed by atoms with van der Waals surface area (Å²) in [4.78, 5) is 26.8. The number of likely N-dealkylation sites (tertiary alicyclic amines) is 1. The van der Waals surface area contributed by atoms with Gasteiger partial charge in [-0.25, -0.2) is 9.18 Å². The zero-order valence-electron chi connectivity index (χ0n) is 16.8. The summed E-state index contributed by atoms with van der Waals surface area (Å²) in [6.07, 6.45) is 1.75. The third-order valence-corrected chi connectivity index (χ3v) is 6.17. The summed E-state index contributed by atoms with van der Waals surface area (Å²) >= 11 is 1.23. The molecular formula is C22H22FN5O2S. The van der Waals surface area contributed by atoms with Crippen molar-refractivity contribution in [3.05, 3.63) is 76.0 Å². The highest BCUT2D eigenvalue weighted by atomic mass is 32.1. The van der Waals surface area contributed by atoms with Gasteiger partial charge < -0.3 is 15.5 Å². The van der Waals surface area contributed by atoms with E-state index in [1.165, 1.54) is 35.6 Å². The number of hydrogen-bond acceptors (Lipinski definition) is 5. The van der Waals surface area contributed by atoms with Gasteiger partial charge >= 0.3 is 6.03 Å². The van der Waals surface area contributed by atoms with E-state index in [1.807, 2.05) is 30.3 Å². The second-order valence-corrected chi connectivity index (χ2v) is 8.35. The number of nitrogens with zero attached hydrogens (tertiary/aromatic N) is 3. The lowest BCUT2D eigenvalue weighted by atomic mass is 9.99. The van der Waals surface area contributed by atoms with Crippen LogP contribution in [0.2, 0.25) is 0 Å². The van der Waals surface area contributed by atoms with E-state index in [4.69, 9.17) is 0 Å². The van der Waals surface area contributed by atoms with Crippen molar-refractivity contribution in [1.29, 1.82) is 0 Å². The molecule has 0 unspecified atom stereocenters. The molecule has 1 saturated heterocycles. The van der Waals surface area contributed by atoms with Crippen LogP contribution in [0.4, 0.5) is 14.9 Å². The van der Waals surface area contributed by atoms with Crippen molar-refractivity contribution in [1.82, 2.24) is 20.4 Å². The standard InChI is InChI=1S/C22H22FN5O2S/c23-17-8-10-18(11-9-17)25-19(29)21-27-26-20(31-21)16-7-4-12-28(14-16)22(30)24-13-15-5-2-1-3-6-15/h1-3,5-6,8-11,16H,4,7,12-14H2,(H,24,30)(H,25,29)/t16-/m1/s1. The average Bonchev–Trinajstić information content (AvgIpc) is 3.30. The maximum absolute atomic E-state index is 13.0. The van der Waals surface area contributed by atoms with Crippen LogP contribution >= 0.6 is 11.3 Å². The third kappa shape index (κ3) is 5.43. The zero-order chi connectivity index (χ0) is 21.6. The van der Waals surface area contributed by atoms with Gasteiger partial charge in [0.25, 0.3) is 5.91 Å². The molecule has 0 bridgehead atoms. The topological polar surface area (TPSA) is 87.2 Å². The summed E-state index contributed by atoms with van der Waals surface area (Å²) < 4.78 is 13.0. The minimum Gasteiger partial charge on any atom is -0.334 e. The predicted octanol–water partition coefficient (Wildman–Crippen LogP) is 4.02. The minimum atomic E-state index is -0.386. The lowest BCUT2D eigenvalue weighted by Crippen LogP contribution is -2.44. The Bertz CT molecular complexity index is 1040. The van der Waals surface area contributed by atoms with Gasteiger partial charge in [-0.15, -0.1) is 10.2 Å². The molecule has 0 radical (unpaired) electrons. The number of carbonyl (C=O) groups excluding carboxylic acids is 2. The molecule has 0 saturated carbocycles. The Morgan fingerprint density at radius 1 is 1.10 bits per heavy atom. The van der Waals surface area contributed by atoms with Gasteiger partial charge in [-0.3, -0.25) is 4.79 Å². The van der Waals surface area contributed by atoms with Gasteiger partial charge in [-0.1, -0.05) is 41.7 Å². The first-order valence-corrected chi connectivity index (χ1v) is 10.9. The molecule has 4 rings (SSSR count). The molecule has 0 spiro atoms. The second kappa shape index (κ2) is 9.65. The number of benzene rings is 2. The minimum absolute atomic E-state index is 0.0427. The van der Waals surface area contributed by atoms with Gasteiger partial charge in [-0.05, 0) is 42.7 Å². The van der Waals surface area contributed by atoms with E-state index in [0.717, 1.165) is 23.4 Å². The van der Waals surface area contributed by atoms with Crippen LogP contribution in [0.1, 0.15) is 39.1 Å². The van der Waals surface area contributed by atoms with Crippen LogP contribution in [0.25, 0.3) is 0 Å². The number of halogens is 1. The SMILES string of the molecule is O=C(Nc1ccc(F)cc1)c1nnc([C@@H]2CCCN(C(=O)NCc3ccccc3)C2)s1. The lowest BCUT2D eigenvalue weighted by molar-refractivity contribution is 0.102. The average molecular weight is 440 g/mol. The fourth-order valence-corrected chi connectivity index (χ4v) is 4.32. The monoisotopic (exact) mass is 439 g/mol. The smallest absolute Gasteiger partial charge is 0.317 e. The van der Waals surface area contributed by atoms with Gasteiger partial charge in [0, 0.05) is 31.2 Å². The van der Waals surface area contributed by atoms with E-state index in [-0.39, 0.29) is 28.7 Å². The number of rotatable bonds is 5. The number of carbonyl (C=O) groups is 2. The lowest BCUT2D eigenvalue weighted by Gasteiger charge is -2.31. The zero-order valence-corrected chi connectivity index (χ0v) is 17.6. The molecular weight excluding hydrogens is 417 g/mol. The Labute approximate surface area is 183 Å². The van der Waals surface area contributed by atoms with Crippen LogP contribution in [0, 0.1) is 5.82 Å². The van der Waals surface area contributed by atoms with E-state index in [0.29, 0.717) is 25.3 Å². The summed E-state index contributed by atoms with van der Waals surface area (Å²) in [5, 5.41) is 14.8.